The average molecular weight is 1130 g/mol. The van der Waals surface area contributed by atoms with E-state index in [0.717, 1.165) is 109 Å². The lowest BCUT2D eigenvalue weighted by Crippen LogP contribution is -2.30. The molecule has 0 amide bonds. The Bertz CT molecular complexity index is 1580. The molecule has 0 saturated heterocycles. The van der Waals surface area contributed by atoms with Gasteiger partial charge in [0, 0.05) is 19.3 Å². The van der Waals surface area contributed by atoms with Gasteiger partial charge in [0.2, 0.25) is 0 Å². The van der Waals surface area contributed by atoms with Crippen molar-refractivity contribution in [3.05, 3.63) is 97.2 Å². The number of hydrogen-bond donors (Lipinski definition) is 0. The lowest BCUT2D eigenvalue weighted by molar-refractivity contribution is -0.167. The van der Waals surface area contributed by atoms with Gasteiger partial charge in [-0.3, -0.25) is 14.4 Å². The van der Waals surface area contributed by atoms with Gasteiger partial charge in [0.05, 0.1) is 0 Å². The Hall–Kier alpha value is -3.67. The molecule has 0 aliphatic carbocycles. The highest BCUT2D eigenvalue weighted by Gasteiger charge is 2.19. The first-order valence-corrected chi connectivity index (χ1v) is 34.7. The summed E-state index contributed by atoms with van der Waals surface area (Å²) in [5.41, 5.74) is 0. The van der Waals surface area contributed by atoms with E-state index in [1.54, 1.807) is 0 Å². The lowest BCUT2D eigenvalue weighted by Gasteiger charge is -2.18. The third-order valence-corrected chi connectivity index (χ3v) is 15.0. The molecule has 466 valence electrons. The molecule has 0 aliphatic rings. The van der Waals surface area contributed by atoms with Crippen molar-refractivity contribution in [1.82, 2.24) is 0 Å². The van der Waals surface area contributed by atoms with Gasteiger partial charge in [0.15, 0.2) is 6.10 Å². The van der Waals surface area contributed by atoms with E-state index in [2.05, 4.69) is 118 Å². The molecular formula is C75H130O6. The van der Waals surface area contributed by atoms with Gasteiger partial charge in [-0.15, -0.1) is 0 Å². The highest BCUT2D eigenvalue weighted by atomic mass is 16.6. The van der Waals surface area contributed by atoms with Crippen molar-refractivity contribution in [3.63, 3.8) is 0 Å². The fraction of sp³-hybridized carbons (Fsp3) is 0.747. The molecule has 81 heavy (non-hydrogen) atoms. The van der Waals surface area contributed by atoms with E-state index in [9.17, 15) is 14.4 Å². The van der Waals surface area contributed by atoms with E-state index in [-0.39, 0.29) is 31.1 Å². The number of carbonyl (C=O) groups excluding carboxylic acids is 3. The van der Waals surface area contributed by atoms with Crippen LogP contribution >= 0.6 is 0 Å². The summed E-state index contributed by atoms with van der Waals surface area (Å²) in [6.45, 7) is 6.54. The summed E-state index contributed by atoms with van der Waals surface area (Å²) in [4.78, 5) is 38.5. The van der Waals surface area contributed by atoms with Crippen molar-refractivity contribution in [2.45, 2.75) is 348 Å². The molecular weight excluding hydrogens is 997 g/mol. The highest BCUT2D eigenvalue weighted by Crippen LogP contribution is 2.17. The average Bonchev–Trinajstić information content (AvgIpc) is 3.47. The van der Waals surface area contributed by atoms with E-state index < -0.39 is 6.10 Å². The predicted molar refractivity (Wildman–Crippen MR) is 353 cm³/mol. The van der Waals surface area contributed by atoms with Crippen LogP contribution in [0.4, 0.5) is 0 Å². The molecule has 6 heteroatoms. The Kier molecular flexibility index (Phi) is 65.7. The van der Waals surface area contributed by atoms with Crippen LogP contribution in [0.25, 0.3) is 0 Å². The molecule has 0 N–H and O–H groups in total. The van der Waals surface area contributed by atoms with Crippen LogP contribution < -0.4 is 0 Å². The maximum atomic E-state index is 13.0. The Morgan fingerprint density at radius 2 is 0.481 bits per heavy atom. The number of allylic oxidation sites excluding steroid dienone is 16. The summed E-state index contributed by atoms with van der Waals surface area (Å²) in [5, 5.41) is 0. The van der Waals surface area contributed by atoms with Crippen LogP contribution in [0.15, 0.2) is 97.2 Å². The van der Waals surface area contributed by atoms with Gasteiger partial charge in [-0.1, -0.05) is 298 Å². The predicted octanol–water partition coefficient (Wildman–Crippen LogP) is 24.0. The molecule has 0 bridgehead atoms. The Balaban J connectivity index is 4.38. The molecule has 0 radical (unpaired) electrons. The summed E-state index contributed by atoms with van der Waals surface area (Å²) >= 11 is 0. The SMILES string of the molecule is CC/C=C\C/C=C\C/C=C\C/C=C\CCCCCCCCCCCCCCC(=O)OCC(COC(=O)CCCCCCCCC/C=C\CCCCCCCC)OC(=O)CCCCCCCC/C=C\C/C=C\C/C=C\CCCCCCC. The molecule has 0 aliphatic heterocycles. The van der Waals surface area contributed by atoms with Crippen molar-refractivity contribution in [2.24, 2.45) is 0 Å². The summed E-state index contributed by atoms with van der Waals surface area (Å²) in [6.07, 6.45) is 92.7. The van der Waals surface area contributed by atoms with Crippen LogP contribution in [0.2, 0.25) is 0 Å². The maximum Gasteiger partial charge on any atom is 0.306 e. The van der Waals surface area contributed by atoms with Crippen LogP contribution in [-0.2, 0) is 28.6 Å². The van der Waals surface area contributed by atoms with Gasteiger partial charge in [-0.25, -0.2) is 0 Å². The molecule has 0 heterocycles. The second-order valence-electron chi connectivity index (χ2n) is 23.1. The normalized spacial score (nSPS) is 12.7. The summed E-state index contributed by atoms with van der Waals surface area (Å²) < 4.78 is 17.0. The van der Waals surface area contributed by atoms with Gasteiger partial charge in [-0.05, 0) is 122 Å². The first-order chi connectivity index (χ1) is 40.0. The monoisotopic (exact) mass is 1130 g/mol. The third-order valence-electron chi connectivity index (χ3n) is 15.0. The molecule has 0 spiro atoms. The van der Waals surface area contributed by atoms with Gasteiger partial charge in [0.25, 0.3) is 0 Å². The Morgan fingerprint density at radius 1 is 0.259 bits per heavy atom. The third kappa shape index (κ3) is 67.0. The zero-order chi connectivity index (χ0) is 58.5. The number of esters is 3. The van der Waals surface area contributed by atoms with Crippen molar-refractivity contribution in [2.75, 3.05) is 13.2 Å². The van der Waals surface area contributed by atoms with Crippen molar-refractivity contribution in [3.8, 4) is 0 Å². The van der Waals surface area contributed by atoms with Crippen molar-refractivity contribution in [1.29, 1.82) is 0 Å². The van der Waals surface area contributed by atoms with Gasteiger partial charge in [-0.2, -0.15) is 0 Å². The molecule has 1 atom stereocenters. The van der Waals surface area contributed by atoms with E-state index in [4.69, 9.17) is 14.2 Å². The van der Waals surface area contributed by atoms with Gasteiger partial charge < -0.3 is 14.2 Å². The fourth-order valence-electron chi connectivity index (χ4n) is 9.85. The van der Waals surface area contributed by atoms with Crippen LogP contribution in [0.5, 0.6) is 0 Å². The minimum atomic E-state index is -0.790. The summed E-state index contributed by atoms with van der Waals surface area (Å²) in [6, 6.07) is 0. The molecule has 0 aromatic rings. The summed E-state index contributed by atoms with van der Waals surface area (Å²) in [5.74, 6) is -0.887. The molecule has 0 aromatic carbocycles. The number of rotatable bonds is 63. The minimum Gasteiger partial charge on any atom is -0.462 e. The lowest BCUT2D eigenvalue weighted by atomic mass is 10.0. The first-order valence-electron chi connectivity index (χ1n) is 34.7. The van der Waals surface area contributed by atoms with Crippen LogP contribution in [0, 0.1) is 0 Å². The van der Waals surface area contributed by atoms with E-state index in [0.29, 0.717) is 19.3 Å². The van der Waals surface area contributed by atoms with Crippen molar-refractivity contribution < 1.29 is 28.6 Å². The quantitative estimate of drug-likeness (QED) is 0.0261. The molecule has 1 unspecified atom stereocenters. The van der Waals surface area contributed by atoms with Crippen LogP contribution in [0.3, 0.4) is 0 Å². The fourth-order valence-corrected chi connectivity index (χ4v) is 9.85. The number of unbranched alkanes of at least 4 members (excludes halogenated alkanes) is 36. The van der Waals surface area contributed by atoms with Crippen LogP contribution in [-0.4, -0.2) is 37.2 Å². The minimum absolute atomic E-state index is 0.0839. The van der Waals surface area contributed by atoms with E-state index >= 15 is 0 Å². The first kappa shape index (κ1) is 77.3. The molecule has 6 nitrogen and oxygen atoms in total. The van der Waals surface area contributed by atoms with E-state index in [1.165, 1.54) is 193 Å². The largest absolute Gasteiger partial charge is 0.462 e. The second-order valence-corrected chi connectivity index (χ2v) is 23.1. The highest BCUT2D eigenvalue weighted by molar-refractivity contribution is 5.71. The summed E-state index contributed by atoms with van der Waals surface area (Å²) in [7, 11) is 0. The molecule has 0 aromatic heterocycles. The second kappa shape index (κ2) is 68.8. The van der Waals surface area contributed by atoms with Gasteiger partial charge >= 0.3 is 17.9 Å². The smallest absolute Gasteiger partial charge is 0.306 e. The maximum absolute atomic E-state index is 13.0. The van der Waals surface area contributed by atoms with Crippen molar-refractivity contribution >= 4 is 17.9 Å². The van der Waals surface area contributed by atoms with Crippen LogP contribution in [0.1, 0.15) is 342 Å². The molecule has 0 rings (SSSR count). The number of carbonyl (C=O) groups is 3. The Morgan fingerprint density at radius 3 is 0.765 bits per heavy atom. The zero-order valence-electron chi connectivity index (χ0n) is 53.5. The zero-order valence-corrected chi connectivity index (χ0v) is 53.5. The number of hydrogen-bond acceptors (Lipinski definition) is 6. The molecule has 0 saturated carbocycles. The Labute approximate surface area is 502 Å². The molecule has 0 fully saturated rings. The standard InChI is InChI=1S/C75H130O6/c1-4-7-10-13-16-19-22-25-28-31-33-35-36-37-38-40-41-44-47-50-53-56-59-62-65-68-74(77)80-71-72(70-79-73(76)67-64-61-58-55-52-49-46-43-30-27-24-21-18-15-12-9-6-3)81-75(78)69-66-63-60-57-54-51-48-45-42-39-34-32-29-26-23-20-17-14-11-8-5-2/h7,10,16,19,23,25-28,30,32-35,42,45,72H,4-6,8-9,11-15,17-18,20-22,24,29,31,36-41,43-44,46-71H2,1-3H3/b10-7-,19-16-,26-23-,28-25-,30-27-,34-32-,35-33-,45-42-. The van der Waals surface area contributed by atoms with Gasteiger partial charge in [0.1, 0.15) is 13.2 Å². The van der Waals surface area contributed by atoms with E-state index in [1.807, 2.05) is 0 Å². The number of ether oxygens (including phenoxy) is 3. The topological polar surface area (TPSA) is 78.9 Å².